The van der Waals surface area contributed by atoms with Gasteiger partial charge in [-0.25, -0.2) is 0 Å². The number of unbranched alkanes of at least 4 members (excludes halogenated alkanes) is 4. The zero-order valence-electron chi connectivity index (χ0n) is 11.2. The van der Waals surface area contributed by atoms with E-state index in [9.17, 15) is 4.79 Å². The van der Waals surface area contributed by atoms with Crippen molar-refractivity contribution in [2.45, 2.75) is 83.6 Å². The van der Waals surface area contributed by atoms with Crippen LogP contribution in [0, 0.1) is 0 Å². The van der Waals surface area contributed by atoms with Crippen molar-refractivity contribution in [1.29, 1.82) is 0 Å². The first kappa shape index (κ1) is 14.5. The fourth-order valence-corrected chi connectivity index (χ4v) is 2.29. The van der Waals surface area contributed by atoms with Crippen LogP contribution in [0.2, 0.25) is 0 Å². The van der Waals surface area contributed by atoms with Crippen LogP contribution in [0.5, 0.6) is 0 Å². The van der Waals surface area contributed by atoms with Crippen LogP contribution in [0.1, 0.15) is 77.6 Å². The average molecular weight is 241 g/mol. The molecule has 0 saturated heterocycles. The number of nitrogens with one attached hydrogen (secondary N) is 1. The number of hydroxylamine groups is 1. The molecule has 17 heavy (non-hydrogen) atoms. The lowest BCUT2D eigenvalue weighted by Crippen LogP contribution is -2.33. The van der Waals surface area contributed by atoms with E-state index in [1.54, 1.807) is 0 Å². The fraction of sp³-hybridized carbons (Fsp3) is 0.929. The third-order valence-electron chi connectivity index (χ3n) is 3.43. The third kappa shape index (κ3) is 7.37. The summed E-state index contributed by atoms with van der Waals surface area (Å²) in [5.41, 5.74) is 2.92. The van der Waals surface area contributed by atoms with Gasteiger partial charge in [-0.1, -0.05) is 51.9 Å². The van der Waals surface area contributed by atoms with Gasteiger partial charge in [-0.2, -0.15) is 5.48 Å². The lowest BCUT2D eigenvalue weighted by molar-refractivity contribution is -0.153. The van der Waals surface area contributed by atoms with E-state index in [1.807, 2.05) is 0 Å². The summed E-state index contributed by atoms with van der Waals surface area (Å²) in [4.78, 5) is 16.5. The summed E-state index contributed by atoms with van der Waals surface area (Å²) in [6.07, 6.45) is 12.5. The molecule has 0 aromatic heterocycles. The van der Waals surface area contributed by atoms with Gasteiger partial charge < -0.3 is 4.84 Å². The molecule has 1 aliphatic carbocycles. The van der Waals surface area contributed by atoms with Crippen molar-refractivity contribution in [2.24, 2.45) is 0 Å². The van der Waals surface area contributed by atoms with Crippen LogP contribution in [0.4, 0.5) is 0 Å². The molecule has 0 aromatic carbocycles. The van der Waals surface area contributed by atoms with E-state index in [-0.39, 0.29) is 5.97 Å². The summed E-state index contributed by atoms with van der Waals surface area (Å²) in [6, 6.07) is 0.396. The van der Waals surface area contributed by atoms with Crippen molar-refractivity contribution in [1.82, 2.24) is 5.48 Å². The van der Waals surface area contributed by atoms with Gasteiger partial charge in [0.25, 0.3) is 0 Å². The molecule has 0 bridgehead atoms. The molecule has 1 aliphatic rings. The molecule has 0 unspecified atom stereocenters. The smallest absolute Gasteiger partial charge is 0.324 e. The van der Waals surface area contributed by atoms with Gasteiger partial charge in [0.2, 0.25) is 0 Å². The van der Waals surface area contributed by atoms with Crippen molar-refractivity contribution >= 4 is 5.97 Å². The largest absolute Gasteiger partial charge is 0.370 e. The molecule has 0 aliphatic heterocycles. The van der Waals surface area contributed by atoms with Crippen LogP contribution in [0.25, 0.3) is 0 Å². The summed E-state index contributed by atoms with van der Waals surface area (Å²) in [6.45, 7) is 2.20. The molecule has 1 rings (SSSR count). The molecule has 0 atom stereocenters. The average Bonchev–Trinajstić information content (AvgIpc) is 2.37. The lowest BCUT2D eigenvalue weighted by atomic mass is 9.96. The number of carbonyl (C=O) groups excluding carboxylic acids is 1. The van der Waals surface area contributed by atoms with Crippen molar-refractivity contribution in [2.75, 3.05) is 0 Å². The van der Waals surface area contributed by atoms with Gasteiger partial charge in [0.1, 0.15) is 0 Å². The second-order valence-corrected chi connectivity index (χ2v) is 5.09. The van der Waals surface area contributed by atoms with Gasteiger partial charge in [-0.3, -0.25) is 4.79 Å². The van der Waals surface area contributed by atoms with E-state index >= 15 is 0 Å². The summed E-state index contributed by atoms with van der Waals surface area (Å²) < 4.78 is 0. The second kappa shape index (κ2) is 9.46. The maximum atomic E-state index is 11.4. The molecule has 0 spiro atoms. The number of rotatable bonds is 8. The minimum Gasteiger partial charge on any atom is -0.370 e. The Kier molecular flexibility index (Phi) is 8.06. The van der Waals surface area contributed by atoms with Crippen LogP contribution < -0.4 is 5.48 Å². The van der Waals surface area contributed by atoms with Crippen molar-refractivity contribution < 1.29 is 9.63 Å². The van der Waals surface area contributed by atoms with Gasteiger partial charge in [0.05, 0.1) is 0 Å². The summed E-state index contributed by atoms with van der Waals surface area (Å²) in [5.74, 6) is -0.0907. The molecular weight excluding hydrogens is 214 g/mol. The Hall–Kier alpha value is -0.570. The molecule has 0 heterocycles. The van der Waals surface area contributed by atoms with E-state index in [4.69, 9.17) is 4.84 Å². The highest BCUT2D eigenvalue weighted by Crippen LogP contribution is 2.17. The predicted molar refractivity (Wildman–Crippen MR) is 69.5 cm³/mol. The highest BCUT2D eigenvalue weighted by atomic mass is 16.7. The molecule has 100 valence electrons. The minimum atomic E-state index is -0.0907. The summed E-state index contributed by atoms with van der Waals surface area (Å²) in [7, 11) is 0. The molecule has 1 N–H and O–H groups in total. The lowest BCUT2D eigenvalue weighted by Gasteiger charge is -2.21. The summed E-state index contributed by atoms with van der Waals surface area (Å²) in [5, 5.41) is 0. The van der Waals surface area contributed by atoms with Crippen LogP contribution in [0.3, 0.4) is 0 Å². The van der Waals surface area contributed by atoms with Crippen LogP contribution in [0.15, 0.2) is 0 Å². The zero-order valence-corrected chi connectivity index (χ0v) is 11.2. The first-order valence-corrected chi connectivity index (χ1v) is 7.28. The fourth-order valence-electron chi connectivity index (χ4n) is 2.29. The number of carbonyl (C=O) groups is 1. The molecule has 0 amide bonds. The van der Waals surface area contributed by atoms with Gasteiger partial charge in [0.15, 0.2) is 0 Å². The maximum absolute atomic E-state index is 11.4. The molecule has 1 fully saturated rings. The van der Waals surface area contributed by atoms with Gasteiger partial charge in [-0.05, 0) is 19.3 Å². The number of hydrogen-bond acceptors (Lipinski definition) is 3. The molecule has 1 saturated carbocycles. The highest BCUT2D eigenvalue weighted by molar-refractivity contribution is 5.68. The Morgan fingerprint density at radius 2 is 1.82 bits per heavy atom. The second-order valence-electron chi connectivity index (χ2n) is 5.09. The number of hydrogen-bond donors (Lipinski definition) is 1. The highest BCUT2D eigenvalue weighted by Gasteiger charge is 2.14. The Morgan fingerprint density at radius 3 is 2.53 bits per heavy atom. The first-order chi connectivity index (χ1) is 8.33. The van der Waals surface area contributed by atoms with Gasteiger partial charge >= 0.3 is 5.97 Å². The Balaban J connectivity index is 1.93. The standard InChI is InChI=1S/C14H27NO2/c1-2-3-4-5-9-12-14(16)17-15-13-10-7-6-8-11-13/h13,15H,2-12H2,1H3. The molecular formula is C14H27NO2. The van der Waals surface area contributed by atoms with Crippen LogP contribution in [-0.4, -0.2) is 12.0 Å². The normalized spacial score (nSPS) is 17.0. The van der Waals surface area contributed by atoms with Crippen molar-refractivity contribution in [3.63, 3.8) is 0 Å². The quantitative estimate of drug-likeness (QED) is 0.520. The van der Waals surface area contributed by atoms with E-state index in [0.29, 0.717) is 12.5 Å². The zero-order chi connectivity index (χ0) is 12.3. The Morgan fingerprint density at radius 1 is 1.12 bits per heavy atom. The van der Waals surface area contributed by atoms with Crippen molar-refractivity contribution in [3.05, 3.63) is 0 Å². The third-order valence-corrected chi connectivity index (χ3v) is 3.43. The van der Waals surface area contributed by atoms with E-state index in [2.05, 4.69) is 12.4 Å². The van der Waals surface area contributed by atoms with Crippen LogP contribution in [-0.2, 0) is 9.63 Å². The molecule has 0 aromatic rings. The van der Waals surface area contributed by atoms with Crippen LogP contribution >= 0.6 is 0 Å². The minimum absolute atomic E-state index is 0.0907. The SMILES string of the molecule is CCCCCCCC(=O)ONC1CCCCC1. The topological polar surface area (TPSA) is 38.3 Å². The van der Waals surface area contributed by atoms with Gasteiger partial charge in [-0.15, -0.1) is 0 Å². The van der Waals surface area contributed by atoms with E-state index in [0.717, 1.165) is 25.7 Å². The first-order valence-electron chi connectivity index (χ1n) is 7.28. The molecule has 0 radical (unpaired) electrons. The predicted octanol–water partition coefficient (Wildman–Crippen LogP) is 3.73. The Bertz CT molecular complexity index is 200. The van der Waals surface area contributed by atoms with E-state index in [1.165, 1.54) is 38.5 Å². The van der Waals surface area contributed by atoms with Gasteiger partial charge in [0, 0.05) is 12.5 Å². The summed E-state index contributed by atoms with van der Waals surface area (Å²) >= 11 is 0. The molecule has 3 heteroatoms. The van der Waals surface area contributed by atoms with E-state index < -0.39 is 0 Å². The Labute approximate surface area is 105 Å². The monoisotopic (exact) mass is 241 g/mol. The molecule has 3 nitrogen and oxygen atoms in total. The van der Waals surface area contributed by atoms with Crippen molar-refractivity contribution in [3.8, 4) is 0 Å². The maximum Gasteiger partial charge on any atom is 0.324 e.